The minimum Gasteiger partial charge on any atom is -0.394 e. The molecule has 3 N–H and O–H groups in total. The first kappa shape index (κ1) is 26.6. The maximum absolute atomic E-state index is 10.1. The molecule has 0 saturated carbocycles. The molecule has 4 atom stereocenters. The molecule has 1 saturated heterocycles. The molecule has 0 amide bonds. The van der Waals surface area contributed by atoms with Crippen molar-refractivity contribution in [3.05, 3.63) is 12.2 Å². The molecule has 1 aliphatic heterocycles. The smallest absolute Gasteiger partial charge is 0.114 e. The van der Waals surface area contributed by atoms with Gasteiger partial charge >= 0.3 is 0 Å². The van der Waals surface area contributed by atoms with Gasteiger partial charge in [0, 0.05) is 6.61 Å². The molecular formula is C24H46O5. The minimum atomic E-state index is -1.05. The molecule has 0 unspecified atom stereocenters. The lowest BCUT2D eigenvalue weighted by atomic mass is 10.1. The lowest BCUT2D eigenvalue weighted by molar-refractivity contribution is -0.0730. The maximum atomic E-state index is 10.1. The van der Waals surface area contributed by atoms with Crippen molar-refractivity contribution in [2.45, 2.75) is 121 Å². The van der Waals surface area contributed by atoms with Crippen LogP contribution in [0.15, 0.2) is 12.2 Å². The van der Waals surface area contributed by atoms with E-state index >= 15 is 0 Å². The van der Waals surface area contributed by atoms with Gasteiger partial charge in [0.25, 0.3) is 0 Å². The number of ether oxygens (including phenoxy) is 2. The summed E-state index contributed by atoms with van der Waals surface area (Å²) in [5.41, 5.74) is 0. The van der Waals surface area contributed by atoms with Gasteiger partial charge in [0.05, 0.1) is 13.2 Å². The molecule has 5 nitrogen and oxygen atoms in total. The number of rotatable bonds is 19. The maximum Gasteiger partial charge on any atom is 0.114 e. The molecule has 29 heavy (non-hydrogen) atoms. The quantitative estimate of drug-likeness (QED) is 0.214. The zero-order chi connectivity index (χ0) is 21.2. The Morgan fingerprint density at radius 1 is 0.897 bits per heavy atom. The van der Waals surface area contributed by atoms with E-state index in [-0.39, 0.29) is 6.61 Å². The molecule has 1 rings (SSSR count). The van der Waals surface area contributed by atoms with E-state index in [9.17, 15) is 10.2 Å². The van der Waals surface area contributed by atoms with Gasteiger partial charge in [-0.15, -0.1) is 0 Å². The van der Waals surface area contributed by atoms with Crippen molar-refractivity contribution in [1.29, 1.82) is 0 Å². The van der Waals surface area contributed by atoms with Crippen LogP contribution in [0.2, 0.25) is 0 Å². The van der Waals surface area contributed by atoms with Crippen molar-refractivity contribution in [3.63, 3.8) is 0 Å². The van der Waals surface area contributed by atoms with Gasteiger partial charge in [-0.1, -0.05) is 76.9 Å². The third-order valence-corrected chi connectivity index (χ3v) is 5.72. The normalized spacial score (nSPS) is 23.2. The predicted molar refractivity (Wildman–Crippen MR) is 118 cm³/mol. The summed E-state index contributed by atoms with van der Waals surface area (Å²) in [6.07, 6.45) is 19.6. The first-order valence-electron chi connectivity index (χ1n) is 12.1. The molecule has 0 radical (unpaired) electrons. The van der Waals surface area contributed by atoms with Gasteiger partial charge < -0.3 is 24.8 Å². The van der Waals surface area contributed by atoms with Gasteiger partial charge in [-0.2, -0.15) is 0 Å². The number of unbranched alkanes of at least 4 members (excludes halogenated alkanes) is 12. The van der Waals surface area contributed by atoms with Gasteiger partial charge in [0.2, 0.25) is 0 Å². The minimum absolute atomic E-state index is 0.268. The molecule has 172 valence electrons. The highest BCUT2D eigenvalue weighted by Gasteiger charge is 2.40. The Morgan fingerprint density at radius 2 is 1.45 bits per heavy atom. The van der Waals surface area contributed by atoms with Crippen LogP contribution in [0.4, 0.5) is 0 Å². The fourth-order valence-electron chi connectivity index (χ4n) is 3.79. The number of aliphatic hydroxyl groups is 3. The summed E-state index contributed by atoms with van der Waals surface area (Å²) in [6.45, 7) is 2.71. The predicted octanol–water partition coefficient (Wildman–Crippen LogP) is 4.52. The van der Waals surface area contributed by atoms with E-state index in [1.54, 1.807) is 0 Å². The molecule has 0 aromatic heterocycles. The fourth-order valence-corrected chi connectivity index (χ4v) is 3.79. The summed E-state index contributed by atoms with van der Waals surface area (Å²) >= 11 is 0. The van der Waals surface area contributed by atoms with E-state index in [1.165, 1.54) is 64.2 Å². The average Bonchev–Trinajstić information content (AvgIpc) is 3.10. The van der Waals surface area contributed by atoms with Crippen molar-refractivity contribution in [3.8, 4) is 0 Å². The highest BCUT2D eigenvalue weighted by molar-refractivity contribution is 4.88. The molecule has 1 heterocycles. The van der Waals surface area contributed by atoms with Crippen molar-refractivity contribution in [2.24, 2.45) is 0 Å². The van der Waals surface area contributed by atoms with Crippen LogP contribution in [0.5, 0.6) is 0 Å². The Balaban J connectivity index is 1.84. The molecule has 0 spiro atoms. The van der Waals surface area contributed by atoms with E-state index in [0.29, 0.717) is 6.61 Å². The third-order valence-electron chi connectivity index (χ3n) is 5.72. The van der Waals surface area contributed by atoms with Crippen molar-refractivity contribution < 1.29 is 24.8 Å². The zero-order valence-corrected chi connectivity index (χ0v) is 18.6. The monoisotopic (exact) mass is 414 g/mol. The number of aliphatic hydroxyl groups excluding tert-OH is 3. The molecule has 0 aliphatic carbocycles. The molecule has 1 aliphatic rings. The fraction of sp³-hybridized carbons (Fsp3) is 0.917. The summed E-state index contributed by atoms with van der Waals surface area (Å²) in [6, 6.07) is 0. The van der Waals surface area contributed by atoms with Crippen LogP contribution in [0.25, 0.3) is 0 Å². The number of allylic oxidation sites excluding steroid dienone is 2. The van der Waals surface area contributed by atoms with Crippen LogP contribution in [-0.2, 0) is 9.47 Å². The second-order valence-corrected chi connectivity index (χ2v) is 8.39. The number of hydrogen-bond acceptors (Lipinski definition) is 5. The second-order valence-electron chi connectivity index (χ2n) is 8.39. The Morgan fingerprint density at radius 3 is 2.03 bits per heavy atom. The summed E-state index contributed by atoms with van der Waals surface area (Å²) in [7, 11) is 0. The van der Waals surface area contributed by atoms with E-state index in [0.717, 1.165) is 25.7 Å². The summed E-state index contributed by atoms with van der Waals surface area (Å²) in [5, 5.41) is 28.6. The van der Waals surface area contributed by atoms with Crippen LogP contribution < -0.4 is 0 Å². The Hall–Kier alpha value is -0.460. The third kappa shape index (κ3) is 12.7. The number of hydrogen-bond donors (Lipinski definition) is 3. The molecule has 5 heteroatoms. The van der Waals surface area contributed by atoms with E-state index in [2.05, 4.69) is 19.1 Å². The Labute approximate surface area is 178 Å². The van der Waals surface area contributed by atoms with Crippen LogP contribution >= 0.6 is 0 Å². The Kier molecular flexibility index (Phi) is 16.8. The molecule has 0 aromatic rings. The second kappa shape index (κ2) is 18.3. The molecular weight excluding hydrogens is 368 g/mol. The van der Waals surface area contributed by atoms with Gasteiger partial charge in [-0.3, -0.25) is 0 Å². The first-order valence-corrected chi connectivity index (χ1v) is 12.1. The zero-order valence-electron chi connectivity index (χ0n) is 18.6. The molecule has 0 bridgehead atoms. The van der Waals surface area contributed by atoms with Gasteiger partial charge in [0.1, 0.15) is 24.4 Å². The van der Waals surface area contributed by atoms with Crippen LogP contribution in [-0.4, -0.2) is 59.6 Å². The highest BCUT2D eigenvalue weighted by Crippen LogP contribution is 2.20. The molecule has 0 aromatic carbocycles. The van der Waals surface area contributed by atoms with Gasteiger partial charge in [-0.05, 0) is 32.1 Å². The SMILES string of the molecule is CCCCCCCCCCC/C=C/CCCCCO[C@@H]1CO[C@@H]([C@@H](O)CO)[C@H]1O. The van der Waals surface area contributed by atoms with Crippen molar-refractivity contribution in [1.82, 2.24) is 0 Å². The van der Waals surface area contributed by atoms with Crippen LogP contribution in [0.1, 0.15) is 96.8 Å². The Bertz CT molecular complexity index is 387. The lowest BCUT2D eigenvalue weighted by Gasteiger charge is -2.20. The van der Waals surface area contributed by atoms with Crippen LogP contribution in [0.3, 0.4) is 0 Å². The topological polar surface area (TPSA) is 79.2 Å². The highest BCUT2D eigenvalue weighted by atomic mass is 16.6. The summed E-state index contributed by atoms with van der Waals surface area (Å²) < 4.78 is 11.0. The standard InChI is InChI=1S/C24H46O5/c1-2-3-4-5-6-7-8-9-10-11-12-13-14-15-16-17-18-28-22-20-29-24(23(22)27)21(26)19-25/h12-13,21-27H,2-11,14-20H2,1H3/b13-12+/t21-,22+,23-,24-/m0/s1. The van der Waals surface area contributed by atoms with Crippen molar-refractivity contribution >= 4 is 0 Å². The first-order chi connectivity index (χ1) is 14.2. The lowest BCUT2D eigenvalue weighted by Crippen LogP contribution is -2.41. The van der Waals surface area contributed by atoms with E-state index < -0.39 is 31.0 Å². The van der Waals surface area contributed by atoms with Crippen LogP contribution in [0, 0.1) is 0 Å². The van der Waals surface area contributed by atoms with E-state index in [1.807, 2.05) is 0 Å². The molecule has 1 fully saturated rings. The average molecular weight is 415 g/mol. The van der Waals surface area contributed by atoms with E-state index in [4.69, 9.17) is 14.6 Å². The van der Waals surface area contributed by atoms with Gasteiger partial charge in [-0.25, -0.2) is 0 Å². The van der Waals surface area contributed by atoms with Crippen molar-refractivity contribution in [2.75, 3.05) is 19.8 Å². The largest absolute Gasteiger partial charge is 0.394 e. The van der Waals surface area contributed by atoms with Gasteiger partial charge in [0.15, 0.2) is 0 Å². The summed E-state index contributed by atoms with van der Waals surface area (Å²) in [5.74, 6) is 0. The summed E-state index contributed by atoms with van der Waals surface area (Å²) in [4.78, 5) is 0.